The zero-order chi connectivity index (χ0) is 14.1. The van der Waals surface area contributed by atoms with E-state index in [1.807, 2.05) is 0 Å². The number of carbonyl (C=O) groups excluding carboxylic acids is 1. The lowest BCUT2D eigenvalue weighted by Gasteiger charge is -2.07. The van der Waals surface area contributed by atoms with E-state index in [9.17, 15) is 9.59 Å². The second-order valence-electron chi connectivity index (χ2n) is 4.90. The molecule has 1 aliphatic rings. The molecule has 0 aromatic carbocycles. The highest BCUT2D eigenvalue weighted by Crippen LogP contribution is 2.37. The quantitative estimate of drug-likeness (QED) is 0.759. The molecule has 3 rings (SSSR count). The van der Waals surface area contributed by atoms with Gasteiger partial charge in [0.15, 0.2) is 0 Å². The molecule has 0 aliphatic heterocycles. The number of hydrogen-bond acceptors (Lipinski definition) is 4. The molecule has 0 atom stereocenters. The lowest BCUT2D eigenvalue weighted by atomic mass is 10.2. The van der Waals surface area contributed by atoms with Crippen LogP contribution in [0.2, 0.25) is 0 Å². The van der Waals surface area contributed by atoms with Gasteiger partial charge in [0.2, 0.25) is 0 Å². The number of aromatic amines is 2. The summed E-state index contributed by atoms with van der Waals surface area (Å²) in [6, 6.07) is 0. The molecular formula is C13H15N5O2. The van der Waals surface area contributed by atoms with Crippen molar-refractivity contribution in [3.63, 3.8) is 0 Å². The van der Waals surface area contributed by atoms with E-state index >= 15 is 0 Å². The largest absolute Gasteiger partial charge is 0.347 e. The first-order chi connectivity index (χ1) is 9.65. The van der Waals surface area contributed by atoms with E-state index in [-0.39, 0.29) is 17.7 Å². The predicted molar refractivity (Wildman–Crippen MR) is 71.3 cm³/mol. The molecule has 20 heavy (non-hydrogen) atoms. The Morgan fingerprint density at radius 2 is 2.30 bits per heavy atom. The fourth-order valence-corrected chi connectivity index (χ4v) is 2.07. The van der Waals surface area contributed by atoms with E-state index in [1.165, 1.54) is 0 Å². The minimum Gasteiger partial charge on any atom is -0.347 e. The van der Waals surface area contributed by atoms with E-state index in [1.54, 1.807) is 19.3 Å². The van der Waals surface area contributed by atoms with Crippen LogP contribution in [0.3, 0.4) is 0 Å². The second-order valence-corrected chi connectivity index (χ2v) is 4.90. The molecule has 0 spiro atoms. The standard InChI is InChI=1S/C13H15N5O2/c1-7-10(12(19)16-6-9-14-4-5-15-9)13(20)18-11(17-7)8-2-3-8/h4-5,8H,2-3,6H2,1H3,(H,14,15)(H,16,19)(H,17,18,20). The first-order valence-corrected chi connectivity index (χ1v) is 6.52. The van der Waals surface area contributed by atoms with Crippen molar-refractivity contribution in [1.29, 1.82) is 0 Å². The maximum atomic E-state index is 12.1. The molecule has 104 valence electrons. The Morgan fingerprint density at radius 3 is 2.90 bits per heavy atom. The Balaban J connectivity index is 1.78. The minimum atomic E-state index is -0.435. The zero-order valence-corrected chi connectivity index (χ0v) is 11.1. The van der Waals surface area contributed by atoms with Crippen molar-refractivity contribution >= 4 is 5.91 Å². The smallest absolute Gasteiger partial charge is 0.264 e. The van der Waals surface area contributed by atoms with Crippen molar-refractivity contribution < 1.29 is 4.79 Å². The van der Waals surface area contributed by atoms with Crippen molar-refractivity contribution in [2.45, 2.75) is 32.2 Å². The normalized spacial score (nSPS) is 14.2. The van der Waals surface area contributed by atoms with Gasteiger partial charge in [0.1, 0.15) is 17.2 Å². The number of hydrogen-bond donors (Lipinski definition) is 3. The van der Waals surface area contributed by atoms with Crippen molar-refractivity contribution in [2.24, 2.45) is 0 Å². The summed E-state index contributed by atoms with van der Waals surface area (Å²) in [4.78, 5) is 38.0. The molecule has 3 N–H and O–H groups in total. The summed E-state index contributed by atoms with van der Waals surface area (Å²) in [6.07, 6.45) is 5.37. The van der Waals surface area contributed by atoms with E-state index < -0.39 is 5.91 Å². The maximum absolute atomic E-state index is 12.1. The Hall–Kier alpha value is -2.44. The predicted octanol–water partition coefficient (Wildman–Crippen LogP) is 0.609. The van der Waals surface area contributed by atoms with Gasteiger partial charge < -0.3 is 15.3 Å². The number of carbonyl (C=O) groups is 1. The van der Waals surface area contributed by atoms with Gasteiger partial charge >= 0.3 is 0 Å². The van der Waals surface area contributed by atoms with Crippen LogP contribution in [0, 0.1) is 6.92 Å². The van der Waals surface area contributed by atoms with Gasteiger partial charge in [-0.3, -0.25) is 9.59 Å². The minimum absolute atomic E-state index is 0.0703. The Morgan fingerprint density at radius 1 is 1.50 bits per heavy atom. The molecule has 2 aromatic rings. The summed E-state index contributed by atoms with van der Waals surface area (Å²) in [7, 11) is 0. The topological polar surface area (TPSA) is 104 Å². The number of nitrogens with zero attached hydrogens (tertiary/aromatic N) is 2. The van der Waals surface area contributed by atoms with Gasteiger partial charge in [0.25, 0.3) is 11.5 Å². The molecule has 1 aliphatic carbocycles. The molecule has 0 radical (unpaired) electrons. The highest BCUT2D eigenvalue weighted by molar-refractivity contribution is 5.94. The molecule has 7 heteroatoms. The summed E-state index contributed by atoms with van der Waals surface area (Å²) in [6.45, 7) is 1.93. The van der Waals surface area contributed by atoms with Crippen molar-refractivity contribution in [3.8, 4) is 0 Å². The van der Waals surface area contributed by atoms with Gasteiger partial charge in [0, 0.05) is 18.3 Å². The van der Waals surface area contributed by atoms with Gasteiger partial charge in [-0.15, -0.1) is 0 Å². The summed E-state index contributed by atoms with van der Waals surface area (Å²) < 4.78 is 0. The van der Waals surface area contributed by atoms with Crippen LogP contribution in [-0.4, -0.2) is 25.8 Å². The fraction of sp³-hybridized carbons (Fsp3) is 0.385. The first kappa shape index (κ1) is 12.6. The average molecular weight is 273 g/mol. The molecule has 2 aromatic heterocycles. The van der Waals surface area contributed by atoms with Crippen LogP contribution in [-0.2, 0) is 6.54 Å². The number of nitrogens with one attached hydrogen (secondary N) is 3. The van der Waals surface area contributed by atoms with Crippen LogP contribution < -0.4 is 10.9 Å². The number of amides is 1. The van der Waals surface area contributed by atoms with Gasteiger partial charge in [-0.25, -0.2) is 9.97 Å². The molecule has 0 saturated heterocycles. The Bertz CT molecular complexity index is 685. The van der Waals surface area contributed by atoms with Crippen LogP contribution in [0.5, 0.6) is 0 Å². The van der Waals surface area contributed by atoms with E-state index in [2.05, 4.69) is 25.3 Å². The lowest BCUT2D eigenvalue weighted by Crippen LogP contribution is -2.32. The molecule has 1 amide bonds. The maximum Gasteiger partial charge on any atom is 0.264 e. The molecular weight excluding hydrogens is 258 g/mol. The van der Waals surface area contributed by atoms with Crippen LogP contribution >= 0.6 is 0 Å². The average Bonchev–Trinajstić information content (AvgIpc) is 3.13. The zero-order valence-electron chi connectivity index (χ0n) is 11.1. The fourth-order valence-electron chi connectivity index (χ4n) is 2.07. The first-order valence-electron chi connectivity index (χ1n) is 6.52. The number of imidazole rings is 1. The number of rotatable bonds is 4. The van der Waals surface area contributed by atoms with Crippen LogP contribution in [0.15, 0.2) is 17.2 Å². The summed E-state index contributed by atoms with van der Waals surface area (Å²) in [5.41, 5.74) is 0.157. The highest BCUT2D eigenvalue weighted by atomic mass is 16.2. The van der Waals surface area contributed by atoms with Gasteiger partial charge in [-0.1, -0.05) is 0 Å². The molecule has 1 fully saturated rings. The number of aromatic nitrogens is 4. The molecule has 2 heterocycles. The molecule has 0 unspecified atom stereocenters. The van der Waals surface area contributed by atoms with E-state index in [0.717, 1.165) is 12.8 Å². The van der Waals surface area contributed by atoms with E-state index in [0.29, 0.717) is 23.3 Å². The molecule has 1 saturated carbocycles. The SMILES string of the molecule is Cc1nc(C2CC2)[nH]c(=O)c1C(=O)NCc1ncc[nH]1. The summed E-state index contributed by atoms with van der Waals surface area (Å²) in [5.74, 6) is 1.24. The van der Waals surface area contributed by atoms with Crippen molar-refractivity contribution in [2.75, 3.05) is 0 Å². The third-order valence-corrected chi connectivity index (χ3v) is 3.28. The van der Waals surface area contributed by atoms with Crippen LogP contribution in [0.1, 0.15) is 46.5 Å². The molecule has 7 nitrogen and oxygen atoms in total. The Kier molecular flexibility index (Phi) is 3.09. The number of aryl methyl sites for hydroxylation is 1. The second kappa shape index (κ2) is 4.92. The van der Waals surface area contributed by atoms with Crippen molar-refractivity contribution in [1.82, 2.24) is 25.3 Å². The van der Waals surface area contributed by atoms with Gasteiger partial charge in [-0.05, 0) is 19.8 Å². The molecule has 0 bridgehead atoms. The summed E-state index contributed by atoms with van der Waals surface area (Å²) in [5, 5.41) is 2.65. The summed E-state index contributed by atoms with van der Waals surface area (Å²) >= 11 is 0. The monoisotopic (exact) mass is 273 g/mol. The Labute approximate surface area is 114 Å². The lowest BCUT2D eigenvalue weighted by molar-refractivity contribution is 0.0947. The highest BCUT2D eigenvalue weighted by Gasteiger charge is 2.27. The van der Waals surface area contributed by atoms with Crippen molar-refractivity contribution in [3.05, 3.63) is 45.7 Å². The van der Waals surface area contributed by atoms with Gasteiger partial charge in [0.05, 0.1) is 12.2 Å². The van der Waals surface area contributed by atoms with Crippen LogP contribution in [0.25, 0.3) is 0 Å². The number of H-pyrrole nitrogens is 2. The third-order valence-electron chi connectivity index (χ3n) is 3.28. The van der Waals surface area contributed by atoms with Crippen LogP contribution in [0.4, 0.5) is 0 Å². The van der Waals surface area contributed by atoms with E-state index in [4.69, 9.17) is 0 Å². The van der Waals surface area contributed by atoms with Gasteiger partial charge in [-0.2, -0.15) is 0 Å². The third kappa shape index (κ3) is 2.47.